The summed E-state index contributed by atoms with van der Waals surface area (Å²) in [5, 5.41) is 0. The molecule has 0 spiro atoms. The Labute approximate surface area is 122 Å². The SMILES string of the molecule is CCC(C)CN(CC)CC(C(=O)NN)c1ccccc1. The van der Waals surface area contributed by atoms with Crippen molar-refractivity contribution in [2.24, 2.45) is 11.8 Å². The Morgan fingerprint density at radius 3 is 2.40 bits per heavy atom. The third-order valence-electron chi connectivity index (χ3n) is 3.82. The maximum Gasteiger partial charge on any atom is 0.242 e. The van der Waals surface area contributed by atoms with Crippen LogP contribution in [0.2, 0.25) is 0 Å². The Morgan fingerprint density at radius 1 is 1.25 bits per heavy atom. The summed E-state index contributed by atoms with van der Waals surface area (Å²) in [6, 6.07) is 9.83. The number of carbonyl (C=O) groups excluding carboxylic acids is 1. The van der Waals surface area contributed by atoms with E-state index in [1.807, 2.05) is 30.3 Å². The molecule has 1 rings (SSSR count). The maximum atomic E-state index is 12.1. The van der Waals surface area contributed by atoms with E-state index < -0.39 is 0 Å². The zero-order valence-corrected chi connectivity index (χ0v) is 12.8. The predicted molar refractivity (Wildman–Crippen MR) is 83.1 cm³/mol. The highest BCUT2D eigenvalue weighted by Gasteiger charge is 2.22. The first-order valence-corrected chi connectivity index (χ1v) is 7.40. The number of amides is 1. The maximum absolute atomic E-state index is 12.1. The summed E-state index contributed by atoms with van der Waals surface area (Å²) in [7, 11) is 0. The average Bonchev–Trinajstić information content (AvgIpc) is 2.51. The molecular weight excluding hydrogens is 250 g/mol. The van der Waals surface area contributed by atoms with Gasteiger partial charge >= 0.3 is 0 Å². The molecule has 4 nitrogen and oxygen atoms in total. The molecule has 0 aliphatic heterocycles. The summed E-state index contributed by atoms with van der Waals surface area (Å²) in [6.45, 7) is 9.21. The van der Waals surface area contributed by atoms with Crippen LogP contribution in [0.3, 0.4) is 0 Å². The van der Waals surface area contributed by atoms with Gasteiger partial charge in [-0.1, -0.05) is 57.5 Å². The summed E-state index contributed by atoms with van der Waals surface area (Å²) in [6.07, 6.45) is 1.15. The first-order chi connectivity index (χ1) is 9.62. The van der Waals surface area contributed by atoms with Crippen LogP contribution in [0.4, 0.5) is 0 Å². The molecule has 112 valence electrons. The molecule has 1 aromatic rings. The lowest BCUT2D eigenvalue weighted by Crippen LogP contribution is -2.41. The number of nitrogens with two attached hydrogens (primary N) is 1. The van der Waals surface area contributed by atoms with Crippen LogP contribution in [0.1, 0.15) is 38.7 Å². The van der Waals surface area contributed by atoms with Crippen molar-refractivity contribution in [1.82, 2.24) is 10.3 Å². The zero-order valence-electron chi connectivity index (χ0n) is 12.8. The molecule has 0 aromatic heterocycles. The molecule has 0 radical (unpaired) electrons. The van der Waals surface area contributed by atoms with Gasteiger partial charge < -0.3 is 4.90 Å². The second kappa shape index (κ2) is 8.72. The minimum absolute atomic E-state index is 0.126. The Morgan fingerprint density at radius 2 is 1.90 bits per heavy atom. The summed E-state index contributed by atoms with van der Waals surface area (Å²) in [4.78, 5) is 14.4. The second-order valence-corrected chi connectivity index (χ2v) is 5.34. The van der Waals surface area contributed by atoms with E-state index in [9.17, 15) is 4.79 Å². The minimum atomic E-state index is -0.217. The molecular formula is C16H27N3O. The first kappa shape index (κ1) is 16.7. The highest BCUT2D eigenvalue weighted by molar-refractivity contribution is 5.83. The monoisotopic (exact) mass is 277 g/mol. The molecule has 2 unspecified atom stereocenters. The molecule has 0 aliphatic rings. The Balaban J connectivity index is 2.81. The Hall–Kier alpha value is -1.39. The van der Waals surface area contributed by atoms with Crippen molar-refractivity contribution >= 4 is 5.91 Å². The number of rotatable bonds is 8. The molecule has 3 N–H and O–H groups in total. The van der Waals surface area contributed by atoms with E-state index in [0.717, 1.165) is 25.1 Å². The van der Waals surface area contributed by atoms with E-state index in [1.165, 1.54) is 0 Å². The van der Waals surface area contributed by atoms with E-state index in [4.69, 9.17) is 5.84 Å². The van der Waals surface area contributed by atoms with Crippen molar-refractivity contribution in [2.45, 2.75) is 33.1 Å². The van der Waals surface area contributed by atoms with Gasteiger partial charge in [-0.05, 0) is 18.0 Å². The zero-order chi connectivity index (χ0) is 15.0. The van der Waals surface area contributed by atoms with Gasteiger partial charge in [-0.25, -0.2) is 5.84 Å². The molecule has 4 heteroatoms. The molecule has 0 aliphatic carbocycles. The van der Waals surface area contributed by atoms with Gasteiger partial charge in [0, 0.05) is 13.1 Å². The van der Waals surface area contributed by atoms with Crippen molar-refractivity contribution < 1.29 is 4.79 Å². The van der Waals surface area contributed by atoms with Crippen LogP contribution < -0.4 is 11.3 Å². The van der Waals surface area contributed by atoms with Crippen LogP contribution in [-0.4, -0.2) is 30.4 Å². The number of likely N-dealkylation sites (N-methyl/N-ethyl adjacent to an activating group) is 1. The minimum Gasteiger partial charge on any atom is -0.302 e. The fourth-order valence-corrected chi connectivity index (χ4v) is 2.29. The molecule has 0 fully saturated rings. The van der Waals surface area contributed by atoms with E-state index in [0.29, 0.717) is 12.5 Å². The fourth-order valence-electron chi connectivity index (χ4n) is 2.29. The lowest BCUT2D eigenvalue weighted by Gasteiger charge is -2.27. The van der Waals surface area contributed by atoms with Crippen LogP contribution in [0, 0.1) is 5.92 Å². The normalized spacial score (nSPS) is 14.1. The van der Waals surface area contributed by atoms with Crippen LogP contribution in [-0.2, 0) is 4.79 Å². The number of hydrazine groups is 1. The molecule has 0 saturated carbocycles. The van der Waals surface area contributed by atoms with Crippen molar-refractivity contribution in [3.05, 3.63) is 35.9 Å². The highest BCUT2D eigenvalue weighted by Crippen LogP contribution is 2.18. The van der Waals surface area contributed by atoms with Crippen molar-refractivity contribution in [2.75, 3.05) is 19.6 Å². The van der Waals surface area contributed by atoms with Gasteiger partial charge in [-0.2, -0.15) is 0 Å². The summed E-state index contributed by atoms with van der Waals surface area (Å²) in [5.41, 5.74) is 3.31. The predicted octanol–water partition coefficient (Wildman–Crippen LogP) is 2.13. The fraction of sp³-hybridized carbons (Fsp3) is 0.562. The highest BCUT2D eigenvalue weighted by atomic mass is 16.2. The molecule has 1 aromatic carbocycles. The lowest BCUT2D eigenvalue weighted by molar-refractivity contribution is -0.123. The molecule has 0 bridgehead atoms. The smallest absolute Gasteiger partial charge is 0.242 e. The summed E-state index contributed by atoms with van der Waals surface area (Å²) < 4.78 is 0. The second-order valence-electron chi connectivity index (χ2n) is 5.34. The number of hydrogen-bond acceptors (Lipinski definition) is 3. The topological polar surface area (TPSA) is 58.4 Å². The largest absolute Gasteiger partial charge is 0.302 e. The van der Waals surface area contributed by atoms with Gasteiger partial charge in [-0.15, -0.1) is 0 Å². The number of hydrogen-bond donors (Lipinski definition) is 2. The van der Waals surface area contributed by atoms with E-state index >= 15 is 0 Å². The number of nitrogens with zero attached hydrogens (tertiary/aromatic N) is 1. The lowest BCUT2D eigenvalue weighted by atomic mass is 9.97. The number of benzene rings is 1. The van der Waals surface area contributed by atoms with Gasteiger partial charge in [0.15, 0.2) is 0 Å². The van der Waals surface area contributed by atoms with Crippen LogP contribution in [0.15, 0.2) is 30.3 Å². The summed E-state index contributed by atoms with van der Waals surface area (Å²) >= 11 is 0. The third kappa shape index (κ3) is 4.94. The van der Waals surface area contributed by atoms with Crippen molar-refractivity contribution in [1.29, 1.82) is 0 Å². The molecule has 20 heavy (non-hydrogen) atoms. The van der Waals surface area contributed by atoms with Crippen molar-refractivity contribution in [3.8, 4) is 0 Å². The standard InChI is InChI=1S/C16H27N3O/c1-4-13(3)11-19(5-2)12-15(16(20)18-17)14-9-7-6-8-10-14/h6-10,13,15H,4-5,11-12,17H2,1-3H3,(H,18,20). The van der Waals surface area contributed by atoms with Gasteiger partial charge in [0.05, 0.1) is 5.92 Å². The van der Waals surface area contributed by atoms with Crippen molar-refractivity contribution in [3.63, 3.8) is 0 Å². The van der Waals surface area contributed by atoms with E-state index in [-0.39, 0.29) is 11.8 Å². The average molecular weight is 277 g/mol. The Bertz CT molecular complexity index is 394. The van der Waals surface area contributed by atoms with E-state index in [2.05, 4.69) is 31.1 Å². The van der Waals surface area contributed by atoms with Crippen LogP contribution in [0.25, 0.3) is 0 Å². The van der Waals surface area contributed by atoms with Gasteiger partial charge in [0.2, 0.25) is 5.91 Å². The molecule has 1 amide bonds. The number of nitrogens with one attached hydrogen (secondary N) is 1. The van der Waals surface area contributed by atoms with Gasteiger partial charge in [-0.3, -0.25) is 10.2 Å². The van der Waals surface area contributed by atoms with Gasteiger partial charge in [0.25, 0.3) is 0 Å². The quantitative estimate of drug-likeness (QED) is 0.435. The van der Waals surface area contributed by atoms with Crippen LogP contribution >= 0.6 is 0 Å². The third-order valence-corrected chi connectivity index (χ3v) is 3.82. The molecule has 0 saturated heterocycles. The van der Waals surface area contributed by atoms with Gasteiger partial charge in [0.1, 0.15) is 0 Å². The summed E-state index contributed by atoms with van der Waals surface area (Å²) in [5.74, 6) is 5.63. The van der Waals surface area contributed by atoms with Crippen LogP contribution in [0.5, 0.6) is 0 Å². The molecule has 2 atom stereocenters. The Kier molecular flexibility index (Phi) is 7.26. The molecule has 0 heterocycles. The first-order valence-electron chi connectivity index (χ1n) is 7.40. The number of carbonyl (C=O) groups is 1. The van der Waals surface area contributed by atoms with E-state index in [1.54, 1.807) is 0 Å².